The number of amides is 1. The molecule has 0 spiro atoms. The van der Waals surface area contributed by atoms with Crippen LogP contribution in [-0.2, 0) is 9.53 Å². The molecule has 1 aromatic rings. The molecular weight excluding hydrogens is 298 g/mol. The van der Waals surface area contributed by atoms with Crippen molar-refractivity contribution in [3.8, 4) is 11.5 Å². The summed E-state index contributed by atoms with van der Waals surface area (Å²) in [4.78, 5) is 24.0. The number of rotatable bonds is 8. The van der Waals surface area contributed by atoms with E-state index < -0.39 is 12.1 Å². The van der Waals surface area contributed by atoms with Gasteiger partial charge in [0.1, 0.15) is 0 Å². The Morgan fingerprint density at radius 3 is 2.43 bits per heavy atom. The van der Waals surface area contributed by atoms with Gasteiger partial charge in [-0.3, -0.25) is 4.79 Å². The van der Waals surface area contributed by atoms with Gasteiger partial charge in [-0.1, -0.05) is 13.8 Å². The number of nitrogens with one attached hydrogen (secondary N) is 1. The van der Waals surface area contributed by atoms with Gasteiger partial charge >= 0.3 is 5.97 Å². The van der Waals surface area contributed by atoms with E-state index in [4.69, 9.17) is 14.2 Å². The van der Waals surface area contributed by atoms with E-state index in [9.17, 15) is 9.59 Å². The fourth-order valence-corrected chi connectivity index (χ4v) is 1.80. The fourth-order valence-electron chi connectivity index (χ4n) is 1.80. The lowest BCUT2D eigenvalue weighted by atomic mass is 10.2. The molecule has 0 heterocycles. The van der Waals surface area contributed by atoms with Crippen molar-refractivity contribution in [3.05, 3.63) is 23.8 Å². The van der Waals surface area contributed by atoms with Crippen LogP contribution in [0.1, 0.15) is 38.1 Å². The Kier molecular flexibility index (Phi) is 7.38. The Morgan fingerprint density at radius 2 is 1.87 bits per heavy atom. The third-order valence-electron chi connectivity index (χ3n) is 3.04. The van der Waals surface area contributed by atoms with Gasteiger partial charge in [0.25, 0.3) is 5.91 Å². The lowest BCUT2D eigenvalue weighted by Gasteiger charge is -2.15. The summed E-state index contributed by atoms with van der Waals surface area (Å²) in [6, 6.07) is 4.75. The molecule has 1 N–H and O–H groups in total. The third-order valence-corrected chi connectivity index (χ3v) is 3.04. The molecular formula is C17H25NO5. The van der Waals surface area contributed by atoms with Crippen LogP contribution in [0.15, 0.2) is 18.2 Å². The first-order chi connectivity index (χ1) is 10.9. The Labute approximate surface area is 137 Å². The van der Waals surface area contributed by atoms with Gasteiger partial charge in [0.05, 0.1) is 19.3 Å². The molecule has 0 aliphatic heterocycles. The Balaban J connectivity index is 2.73. The van der Waals surface area contributed by atoms with Crippen LogP contribution >= 0.6 is 0 Å². The molecule has 6 heteroatoms. The third kappa shape index (κ3) is 5.81. The lowest BCUT2D eigenvalue weighted by Crippen LogP contribution is -2.37. The van der Waals surface area contributed by atoms with Gasteiger partial charge in [0.15, 0.2) is 17.6 Å². The van der Waals surface area contributed by atoms with E-state index in [1.165, 1.54) is 7.11 Å². The summed E-state index contributed by atoms with van der Waals surface area (Å²) in [5.41, 5.74) is 0.303. The van der Waals surface area contributed by atoms with Gasteiger partial charge in [0, 0.05) is 6.54 Å². The quantitative estimate of drug-likeness (QED) is 0.744. The van der Waals surface area contributed by atoms with Crippen LogP contribution in [-0.4, -0.2) is 38.2 Å². The van der Waals surface area contributed by atoms with Crippen LogP contribution in [0, 0.1) is 5.92 Å². The summed E-state index contributed by atoms with van der Waals surface area (Å²) < 4.78 is 15.8. The summed E-state index contributed by atoms with van der Waals surface area (Å²) in [6.45, 7) is 8.35. The van der Waals surface area contributed by atoms with E-state index >= 15 is 0 Å². The zero-order valence-electron chi connectivity index (χ0n) is 14.3. The molecule has 0 fully saturated rings. The van der Waals surface area contributed by atoms with E-state index in [1.54, 1.807) is 25.1 Å². The minimum atomic E-state index is -0.862. The zero-order valence-corrected chi connectivity index (χ0v) is 14.3. The van der Waals surface area contributed by atoms with Gasteiger partial charge in [-0.2, -0.15) is 0 Å². The van der Waals surface area contributed by atoms with Crippen LogP contribution in [0.3, 0.4) is 0 Å². The van der Waals surface area contributed by atoms with Crippen molar-refractivity contribution in [2.45, 2.75) is 33.8 Å². The molecule has 0 radical (unpaired) electrons. The number of methoxy groups -OCH3 is 1. The maximum absolute atomic E-state index is 12.2. The molecule has 6 nitrogen and oxygen atoms in total. The van der Waals surface area contributed by atoms with E-state index in [0.29, 0.717) is 36.1 Å². The molecule has 1 aromatic carbocycles. The first-order valence-corrected chi connectivity index (χ1v) is 7.68. The normalized spacial score (nSPS) is 11.7. The van der Waals surface area contributed by atoms with Crippen LogP contribution < -0.4 is 14.8 Å². The second-order valence-corrected chi connectivity index (χ2v) is 5.49. The predicted molar refractivity (Wildman–Crippen MR) is 86.9 cm³/mol. The van der Waals surface area contributed by atoms with Crippen molar-refractivity contribution >= 4 is 11.9 Å². The van der Waals surface area contributed by atoms with Gasteiger partial charge in [-0.25, -0.2) is 4.79 Å². The van der Waals surface area contributed by atoms with E-state index in [-0.39, 0.29) is 5.91 Å². The summed E-state index contributed by atoms with van der Waals surface area (Å²) in [7, 11) is 1.52. The van der Waals surface area contributed by atoms with Gasteiger partial charge < -0.3 is 19.5 Å². The van der Waals surface area contributed by atoms with Gasteiger partial charge in [-0.05, 0) is 38.0 Å². The van der Waals surface area contributed by atoms with Crippen LogP contribution in [0.4, 0.5) is 0 Å². The van der Waals surface area contributed by atoms with Crippen molar-refractivity contribution < 1.29 is 23.8 Å². The Bertz CT molecular complexity index is 542. The van der Waals surface area contributed by atoms with Crippen molar-refractivity contribution in [1.29, 1.82) is 0 Å². The van der Waals surface area contributed by atoms with Crippen molar-refractivity contribution in [3.63, 3.8) is 0 Å². The number of carbonyl (C=O) groups excluding carboxylic acids is 2. The standard InChI is InChI=1S/C17H25NO5/c1-6-22-15-9-13(7-8-14(15)21-5)17(20)23-12(4)16(19)18-10-11(2)3/h7-9,11-12H,6,10H2,1-5H3,(H,18,19)/t12-/m1/s1. The van der Waals surface area contributed by atoms with Crippen LogP contribution in [0.5, 0.6) is 11.5 Å². The maximum atomic E-state index is 12.2. The molecule has 0 saturated heterocycles. The second-order valence-electron chi connectivity index (χ2n) is 5.49. The SMILES string of the molecule is CCOc1cc(C(=O)O[C@H](C)C(=O)NCC(C)C)ccc1OC. The number of carbonyl (C=O) groups is 2. The predicted octanol–water partition coefficient (Wildman–Crippen LogP) is 2.41. The van der Waals surface area contributed by atoms with Crippen molar-refractivity contribution in [2.24, 2.45) is 5.92 Å². The molecule has 0 unspecified atom stereocenters. The number of benzene rings is 1. The monoisotopic (exact) mass is 323 g/mol. The molecule has 1 atom stereocenters. The number of ether oxygens (including phenoxy) is 3. The molecule has 0 aliphatic carbocycles. The van der Waals surface area contributed by atoms with E-state index in [0.717, 1.165) is 0 Å². The maximum Gasteiger partial charge on any atom is 0.339 e. The largest absolute Gasteiger partial charge is 0.493 e. The summed E-state index contributed by atoms with van der Waals surface area (Å²) >= 11 is 0. The molecule has 0 saturated carbocycles. The molecule has 128 valence electrons. The second kappa shape index (κ2) is 9.02. The molecule has 23 heavy (non-hydrogen) atoms. The Hall–Kier alpha value is -2.24. The summed E-state index contributed by atoms with van der Waals surface area (Å²) in [6.07, 6.45) is -0.862. The molecule has 0 aliphatic rings. The molecule has 0 aromatic heterocycles. The highest BCUT2D eigenvalue weighted by Gasteiger charge is 2.20. The first-order valence-electron chi connectivity index (χ1n) is 7.68. The van der Waals surface area contributed by atoms with Crippen LogP contribution in [0.25, 0.3) is 0 Å². The zero-order chi connectivity index (χ0) is 17.4. The van der Waals surface area contributed by atoms with Crippen molar-refractivity contribution in [1.82, 2.24) is 5.32 Å². The highest BCUT2D eigenvalue weighted by molar-refractivity contribution is 5.92. The average molecular weight is 323 g/mol. The molecule has 1 amide bonds. The minimum Gasteiger partial charge on any atom is -0.493 e. The van der Waals surface area contributed by atoms with Gasteiger partial charge in [-0.15, -0.1) is 0 Å². The summed E-state index contributed by atoms with van der Waals surface area (Å²) in [5, 5.41) is 2.73. The fraction of sp³-hybridized carbons (Fsp3) is 0.529. The number of hydrogen-bond acceptors (Lipinski definition) is 5. The highest BCUT2D eigenvalue weighted by atomic mass is 16.5. The smallest absolute Gasteiger partial charge is 0.339 e. The topological polar surface area (TPSA) is 73.9 Å². The first kappa shape index (κ1) is 18.8. The number of esters is 1. The lowest BCUT2D eigenvalue weighted by molar-refractivity contribution is -0.129. The minimum absolute atomic E-state index is 0.303. The summed E-state index contributed by atoms with van der Waals surface area (Å²) in [5.74, 6) is 0.427. The highest BCUT2D eigenvalue weighted by Crippen LogP contribution is 2.28. The van der Waals surface area contributed by atoms with Gasteiger partial charge in [0.2, 0.25) is 0 Å². The average Bonchev–Trinajstić information content (AvgIpc) is 2.52. The molecule has 0 bridgehead atoms. The van der Waals surface area contributed by atoms with Crippen LogP contribution in [0.2, 0.25) is 0 Å². The number of hydrogen-bond donors (Lipinski definition) is 1. The van der Waals surface area contributed by atoms with E-state index in [2.05, 4.69) is 5.32 Å². The van der Waals surface area contributed by atoms with E-state index in [1.807, 2.05) is 20.8 Å². The van der Waals surface area contributed by atoms with Crippen molar-refractivity contribution in [2.75, 3.05) is 20.3 Å². The Morgan fingerprint density at radius 1 is 1.17 bits per heavy atom. The molecule has 1 rings (SSSR count).